The fourth-order valence-electron chi connectivity index (χ4n) is 7.56. The molecule has 3 aliphatic carbocycles. The van der Waals surface area contributed by atoms with E-state index in [1.807, 2.05) is 72.8 Å². The zero-order valence-electron chi connectivity index (χ0n) is 28.9. The molecule has 0 amide bonds. The van der Waals surface area contributed by atoms with Crippen molar-refractivity contribution in [1.29, 1.82) is 0 Å². The number of carbonyl (C=O) groups excluding carboxylic acids is 1. The molecule has 264 valence electrons. The van der Waals surface area contributed by atoms with Gasteiger partial charge in [-0.3, -0.25) is 0 Å². The van der Waals surface area contributed by atoms with Crippen molar-refractivity contribution in [2.45, 2.75) is 129 Å². The average Bonchev–Trinajstić information content (AvgIpc) is 3.16. The van der Waals surface area contributed by atoms with Gasteiger partial charge in [-0.15, -0.1) is 0 Å². The summed E-state index contributed by atoms with van der Waals surface area (Å²) >= 11 is 0. The van der Waals surface area contributed by atoms with Crippen LogP contribution in [-0.4, -0.2) is 24.3 Å². The molecule has 0 atom stereocenters. The molecule has 0 N–H and O–H groups in total. The van der Waals surface area contributed by atoms with Gasteiger partial charge in [0.25, 0.3) is 0 Å². The maximum atomic E-state index is 14.1. The number of hydrogen-bond donors (Lipinski definition) is 0. The average molecular weight is 697 g/mol. The molecule has 4 aromatic carbocycles. The Balaban J connectivity index is 1.28. The third kappa shape index (κ3) is 8.31. The van der Waals surface area contributed by atoms with Crippen LogP contribution in [-0.2, 0) is 4.18 Å². The number of hydrogen-bond acceptors (Lipinski definition) is 5. The first-order chi connectivity index (χ1) is 24.5. The third-order valence-corrected chi connectivity index (χ3v) is 13.5. The Hall–Kier alpha value is -3.97. The van der Waals surface area contributed by atoms with Crippen LogP contribution in [0.3, 0.4) is 0 Å². The molecule has 0 unspecified atom stereocenters. The van der Waals surface area contributed by atoms with Crippen LogP contribution in [0.15, 0.2) is 112 Å². The zero-order valence-corrected chi connectivity index (χ0v) is 29.7. The molecule has 5 nitrogen and oxygen atoms in total. The Morgan fingerprint density at radius 3 is 1.10 bits per heavy atom. The van der Waals surface area contributed by atoms with Crippen LogP contribution in [0.25, 0.3) is 0 Å². The first-order valence-electron chi connectivity index (χ1n) is 18.7. The van der Waals surface area contributed by atoms with Gasteiger partial charge in [0.2, 0.25) is 0 Å². The topological polar surface area (TPSA) is 54.0 Å². The number of carbonyl (C=O) groups is 1. The minimum absolute atomic E-state index is 0.219. The highest BCUT2D eigenvalue weighted by molar-refractivity contribution is 8.30. The van der Waals surface area contributed by atoms with E-state index in [-0.39, 0.29) is 23.9 Å². The van der Waals surface area contributed by atoms with Gasteiger partial charge in [0.05, 0.1) is 23.9 Å². The maximum absolute atomic E-state index is 14.1. The minimum atomic E-state index is -2.65. The van der Waals surface area contributed by atoms with E-state index in [4.69, 9.17) is 18.4 Å². The highest BCUT2D eigenvalue weighted by atomic mass is 32.3. The summed E-state index contributed by atoms with van der Waals surface area (Å²) in [6, 6.07) is 29.7. The predicted octanol–water partition coefficient (Wildman–Crippen LogP) is 12.0. The van der Waals surface area contributed by atoms with Gasteiger partial charge in [0, 0.05) is 14.7 Å². The van der Waals surface area contributed by atoms with Crippen LogP contribution in [0, 0.1) is 5.82 Å². The fraction of sp³-hybridized carbons (Fsp3) is 0.419. The summed E-state index contributed by atoms with van der Waals surface area (Å²) in [6.45, 7) is 0. The first-order valence-corrected chi connectivity index (χ1v) is 20.2. The largest absolute Gasteiger partial charge is 0.490 e. The van der Waals surface area contributed by atoms with Crippen molar-refractivity contribution in [2.75, 3.05) is 0 Å². The lowest BCUT2D eigenvalue weighted by Crippen LogP contribution is -2.20. The van der Waals surface area contributed by atoms with Crippen molar-refractivity contribution < 1.29 is 27.6 Å². The normalized spacial score (nSPS) is 18.3. The SMILES string of the molecule is O=C(OS(c1ccc(OC2CCCCC2)cc1)(c1ccc(OC2CCCCC2)cc1)c1ccc(OC2CCCCC2)cc1)c1ccc(F)cc1. The summed E-state index contributed by atoms with van der Waals surface area (Å²) in [5.41, 5.74) is 0.287. The van der Waals surface area contributed by atoms with Gasteiger partial charge in [-0.1, -0.05) is 19.3 Å². The van der Waals surface area contributed by atoms with Gasteiger partial charge in [-0.25, -0.2) is 9.18 Å². The van der Waals surface area contributed by atoms with Gasteiger partial charge in [-0.05, 0) is 184 Å². The molecular weight excluding hydrogens is 648 g/mol. The van der Waals surface area contributed by atoms with Crippen molar-refractivity contribution in [3.63, 3.8) is 0 Å². The van der Waals surface area contributed by atoms with E-state index in [0.29, 0.717) is 0 Å². The van der Waals surface area contributed by atoms with Crippen molar-refractivity contribution >= 4 is 16.3 Å². The van der Waals surface area contributed by atoms with Crippen LogP contribution in [0.2, 0.25) is 0 Å². The molecule has 50 heavy (non-hydrogen) atoms. The maximum Gasteiger partial charge on any atom is 0.349 e. The molecule has 4 aromatic rings. The predicted molar refractivity (Wildman–Crippen MR) is 196 cm³/mol. The summed E-state index contributed by atoms with van der Waals surface area (Å²) in [7, 11) is -2.65. The lowest BCUT2D eigenvalue weighted by molar-refractivity contribution is 0.0757. The van der Waals surface area contributed by atoms with E-state index >= 15 is 0 Å². The Kier molecular flexibility index (Phi) is 11.3. The van der Waals surface area contributed by atoms with Gasteiger partial charge < -0.3 is 18.4 Å². The Morgan fingerprint density at radius 2 is 0.780 bits per heavy atom. The Bertz CT molecular complexity index is 1500. The lowest BCUT2D eigenvalue weighted by atomic mass is 9.98. The van der Waals surface area contributed by atoms with Crippen LogP contribution in [0.5, 0.6) is 17.2 Å². The van der Waals surface area contributed by atoms with Crippen LogP contribution in [0.1, 0.15) is 107 Å². The van der Waals surface area contributed by atoms with Gasteiger partial charge in [0.15, 0.2) is 0 Å². The van der Waals surface area contributed by atoms with Crippen molar-refractivity contribution in [2.24, 2.45) is 0 Å². The zero-order chi connectivity index (χ0) is 34.2. The number of ether oxygens (including phenoxy) is 3. The summed E-state index contributed by atoms with van der Waals surface area (Å²) in [5, 5.41) is 0. The van der Waals surface area contributed by atoms with Crippen LogP contribution < -0.4 is 14.2 Å². The third-order valence-electron chi connectivity index (χ3n) is 10.3. The monoisotopic (exact) mass is 696 g/mol. The molecular formula is C43H49FO5S. The molecule has 0 heterocycles. The number of benzene rings is 4. The van der Waals surface area contributed by atoms with Crippen LogP contribution >= 0.6 is 10.3 Å². The quantitative estimate of drug-likeness (QED) is 0.156. The van der Waals surface area contributed by atoms with Crippen molar-refractivity contribution in [3.8, 4) is 17.2 Å². The fourth-order valence-corrected chi connectivity index (χ4v) is 10.5. The van der Waals surface area contributed by atoms with Gasteiger partial charge >= 0.3 is 5.97 Å². The van der Waals surface area contributed by atoms with E-state index in [2.05, 4.69) is 0 Å². The molecule has 7 rings (SSSR count). The molecule has 3 aliphatic rings. The van der Waals surface area contributed by atoms with Gasteiger partial charge in [0.1, 0.15) is 23.1 Å². The Labute approximate surface area is 298 Å². The molecule has 7 heteroatoms. The minimum Gasteiger partial charge on any atom is -0.490 e. The second-order valence-electron chi connectivity index (χ2n) is 14.0. The first kappa shape index (κ1) is 34.5. The van der Waals surface area contributed by atoms with Crippen molar-refractivity contribution in [3.05, 3.63) is 108 Å². The molecule has 3 saturated carbocycles. The highest BCUT2D eigenvalue weighted by Crippen LogP contribution is 2.69. The highest BCUT2D eigenvalue weighted by Gasteiger charge is 2.37. The molecule has 0 saturated heterocycles. The van der Waals surface area contributed by atoms with E-state index in [0.717, 1.165) is 70.5 Å². The molecule has 3 fully saturated rings. The van der Waals surface area contributed by atoms with Crippen LogP contribution in [0.4, 0.5) is 4.39 Å². The number of rotatable bonds is 11. The van der Waals surface area contributed by atoms with E-state index < -0.39 is 22.1 Å². The van der Waals surface area contributed by atoms with E-state index in [1.54, 1.807) is 0 Å². The summed E-state index contributed by atoms with van der Waals surface area (Å²) in [5.74, 6) is 1.51. The second-order valence-corrected chi connectivity index (χ2v) is 16.7. The van der Waals surface area contributed by atoms with E-state index in [1.165, 1.54) is 82.1 Å². The van der Waals surface area contributed by atoms with Gasteiger partial charge in [-0.2, -0.15) is 0 Å². The lowest BCUT2D eigenvalue weighted by Gasteiger charge is -2.40. The smallest absolute Gasteiger partial charge is 0.349 e. The Morgan fingerprint density at radius 1 is 0.460 bits per heavy atom. The summed E-state index contributed by atoms with van der Waals surface area (Å²) in [6.07, 6.45) is 18.0. The molecule has 0 aromatic heterocycles. The molecule has 0 aliphatic heterocycles. The number of halogens is 1. The standard InChI is InChI=1S/C43H49FO5S/c44-33-18-16-32(17-19-33)43(45)49-50(40-26-20-37(21-27-40)46-34-10-4-1-5-11-34,41-28-22-38(23-29-41)47-35-12-6-2-7-13-35)42-30-24-39(25-31-42)48-36-14-8-3-9-15-36/h16-31,34-36H,1-15H2. The van der Waals surface area contributed by atoms with E-state index in [9.17, 15) is 9.18 Å². The molecule has 0 radical (unpaired) electrons. The molecule has 0 bridgehead atoms. The molecule has 0 spiro atoms. The summed E-state index contributed by atoms with van der Waals surface area (Å²) in [4.78, 5) is 16.6. The second kappa shape index (κ2) is 16.4. The van der Waals surface area contributed by atoms with Crippen molar-refractivity contribution in [1.82, 2.24) is 0 Å². The summed E-state index contributed by atoms with van der Waals surface area (Å²) < 4.78 is 39.9.